The summed E-state index contributed by atoms with van der Waals surface area (Å²) < 4.78 is 0. The summed E-state index contributed by atoms with van der Waals surface area (Å²) in [5, 5.41) is 12.6. The van der Waals surface area contributed by atoms with E-state index >= 15 is 0 Å². The van der Waals surface area contributed by atoms with Crippen LogP contribution in [0.2, 0.25) is 0 Å². The molecule has 2 aliphatic rings. The summed E-state index contributed by atoms with van der Waals surface area (Å²) in [6, 6.07) is 9.32. The molecule has 0 bridgehead atoms. The van der Waals surface area contributed by atoms with Gasteiger partial charge in [0.2, 0.25) is 0 Å². The highest BCUT2D eigenvalue weighted by Gasteiger charge is 2.33. The van der Waals surface area contributed by atoms with Crippen LogP contribution in [-0.2, 0) is 0 Å². The van der Waals surface area contributed by atoms with Gasteiger partial charge in [0.1, 0.15) is 0 Å². The summed E-state index contributed by atoms with van der Waals surface area (Å²) >= 11 is 0. The number of nitrogens with one attached hydrogen (secondary N) is 1. The van der Waals surface area contributed by atoms with E-state index in [-0.39, 0.29) is 0 Å². The van der Waals surface area contributed by atoms with Gasteiger partial charge in [0, 0.05) is 32.2 Å². The number of hydrogen-bond donors (Lipinski definition) is 1. The van der Waals surface area contributed by atoms with Crippen molar-refractivity contribution in [1.29, 1.82) is 5.26 Å². The van der Waals surface area contributed by atoms with Crippen LogP contribution in [-0.4, -0.2) is 38.3 Å². The first-order chi connectivity index (χ1) is 9.20. The van der Waals surface area contributed by atoms with Crippen LogP contribution in [0.1, 0.15) is 19.4 Å². The van der Waals surface area contributed by atoms with Crippen molar-refractivity contribution in [2.24, 2.45) is 0 Å². The Morgan fingerprint density at radius 3 is 2.95 bits per heavy atom. The van der Waals surface area contributed by atoms with E-state index in [2.05, 4.69) is 41.1 Å². The van der Waals surface area contributed by atoms with E-state index in [0.717, 1.165) is 31.7 Å². The molecule has 0 saturated carbocycles. The minimum Gasteiger partial charge on any atom is -0.365 e. The van der Waals surface area contributed by atoms with E-state index in [1.165, 1.54) is 11.4 Å². The second-order valence-electron chi connectivity index (χ2n) is 5.61. The molecule has 1 atom stereocenters. The molecule has 4 nitrogen and oxygen atoms in total. The van der Waals surface area contributed by atoms with Crippen LogP contribution in [0.4, 0.5) is 11.4 Å². The van der Waals surface area contributed by atoms with Crippen molar-refractivity contribution in [3.05, 3.63) is 23.8 Å². The van der Waals surface area contributed by atoms with Gasteiger partial charge in [-0.3, -0.25) is 0 Å². The first-order valence-corrected chi connectivity index (χ1v) is 6.99. The molecule has 100 valence electrons. The Kier molecular flexibility index (Phi) is 3.08. The average molecular weight is 256 g/mol. The topological polar surface area (TPSA) is 42.3 Å². The molecule has 1 N–H and O–H groups in total. The molecule has 1 aromatic rings. The van der Waals surface area contributed by atoms with Gasteiger partial charge >= 0.3 is 0 Å². The van der Waals surface area contributed by atoms with Crippen LogP contribution in [0.25, 0.3) is 0 Å². The van der Waals surface area contributed by atoms with E-state index < -0.39 is 0 Å². The largest absolute Gasteiger partial charge is 0.365 e. The van der Waals surface area contributed by atoms with Crippen molar-refractivity contribution >= 4 is 11.4 Å². The predicted molar refractivity (Wildman–Crippen MR) is 77.6 cm³/mol. The lowest BCUT2D eigenvalue weighted by molar-refractivity contribution is 0.448. The fourth-order valence-corrected chi connectivity index (χ4v) is 3.12. The van der Waals surface area contributed by atoms with Gasteiger partial charge in [0.05, 0.1) is 29.0 Å². The van der Waals surface area contributed by atoms with Crippen LogP contribution in [0, 0.1) is 11.3 Å². The first kappa shape index (κ1) is 12.3. The zero-order valence-corrected chi connectivity index (χ0v) is 11.6. The number of benzene rings is 1. The molecule has 1 fully saturated rings. The molecule has 4 heteroatoms. The Labute approximate surface area is 114 Å². The maximum absolute atomic E-state index is 9.12. The SMILES string of the molecule is CC(C)N1CC2CNCCN2c2cc(C#N)ccc21. The lowest BCUT2D eigenvalue weighted by atomic mass is 10.0. The second-order valence-corrected chi connectivity index (χ2v) is 5.61. The van der Waals surface area contributed by atoms with E-state index in [4.69, 9.17) is 5.26 Å². The Balaban J connectivity index is 2.07. The molecule has 0 aromatic heterocycles. The summed E-state index contributed by atoms with van der Waals surface area (Å²) in [7, 11) is 0. The van der Waals surface area contributed by atoms with Gasteiger partial charge in [0.15, 0.2) is 0 Å². The molecule has 1 aromatic carbocycles. The summed E-state index contributed by atoms with van der Waals surface area (Å²) in [5.41, 5.74) is 3.25. The quantitative estimate of drug-likeness (QED) is 0.828. The third-order valence-corrected chi connectivity index (χ3v) is 4.10. The summed E-state index contributed by atoms with van der Waals surface area (Å²) in [4.78, 5) is 4.91. The number of fused-ring (bicyclic) bond motifs is 3. The number of nitrogens with zero attached hydrogens (tertiary/aromatic N) is 3. The molecular formula is C15H20N4. The van der Waals surface area contributed by atoms with Crippen molar-refractivity contribution in [2.75, 3.05) is 36.0 Å². The monoisotopic (exact) mass is 256 g/mol. The Hall–Kier alpha value is -1.73. The number of nitriles is 1. The molecule has 0 amide bonds. The molecule has 1 saturated heterocycles. The molecule has 0 spiro atoms. The van der Waals surface area contributed by atoms with Gasteiger partial charge in [0.25, 0.3) is 0 Å². The van der Waals surface area contributed by atoms with Gasteiger partial charge in [-0.1, -0.05) is 0 Å². The Morgan fingerprint density at radius 2 is 2.21 bits per heavy atom. The standard InChI is InChI=1S/C15H20N4/c1-11(2)19-10-13-9-17-5-6-18(13)15-7-12(8-16)3-4-14(15)19/h3-4,7,11,13,17H,5-6,9-10H2,1-2H3. The van der Waals surface area contributed by atoms with Crippen LogP contribution >= 0.6 is 0 Å². The highest BCUT2D eigenvalue weighted by Crippen LogP contribution is 2.37. The molecular weight excluding hydrogens is 236 g/mol. The average Bonchev–Trinajstić information content (AvgIpc) is 2.45. The third kappa shape index (κ3) is 2.04. The highest BCUT2D eigenvalue weighted by atomic mass is 15.3. The van der Waals surface area contributed by atoms with E-state index in [1.54, 1.807) is 0 Å². The highest BCUT2D eigenvalue weighted by molar-refractivity contribution is 5.76. The van der Waals surface area contributed by atoms with E-state index in [1.807, 2.05) is 12.1 Å². The number of hydrogen-bond acceptors (Lipinski definition) is 4. The van der Waals surface area contributed by atoms with Crippen LogP contribution in [0.5, 0.6) is 0 Å². The second kappa shape index (κ2) is 4.75. The van der Waals surface area contributed by atoms with Crippen LogP contribution in [0.15, 0.2) is 18.2 Å². The van der Waals surface area contributed by atoms with Crippen molar-refractivity contribution in [1.82, 2.24) is 5.32 Å². The van der Waals surface area contributed by atoms with Crippen molar-refractivity contribution < 1.29 is 0 Å². The lowest BCUT2D eigenvalue weighted by Gasteiger charge is -2.48. The normalized spacial score (nSPS) is 21.9. The first-order valence-electron chi connectivity index (χ1n) is 6.99. The summed E-state index contributed by atoms with van der Waals surface area (Å²) in [6.07, 6.45) is 0. The van der Waals surface area contributed by atoms with Crippen LogP contribution < -0.4 is 15.1 Å². The zero-order chi connectivity index (χ0) is 13.4. The molecule has 0 radical (unpaired) electrons. The number of piperazine rings is 1. The molecule has 2 aliphatic heterocycles. The Morgan fingerprint density at radius 1 is 1.37 bits per heavy atom. The van der Waals surface area contributed by atoms with E-state index in [0.29, 0.717) is 12.1 Å². The summed E-state index contributed by atoms with van der Waals surface area (Å²) in [6.45, 7) is 8.59. The Bertz CT molecular complexity index is 517. The molecule has 2 heterocycles. The van der Waals surface area contributed by atoms with Gasteiger partial charge in [-0.25, -0.2) is 0 Å². The molecule has 1 unspecified atom stereocenters. The molecule has 19 heavy (non-hydrogen) atoms. The van der Waals surface area contributed by atoms with Crippen LogP contribution in [0.3, 0.4) is 0 Å². The van der Waals surface area contributed by atoms with Gasteiger partial charge in [-0.2, -0.15) is 5.26 Å². The van der Waals surface area contributed by atoms with E-state index in [9.17, 15) is 0 Å². The minimum absolute atomic E-state index is 0.482. The maximum Gasteiger partial charge on any atom is 0.0992 e. The maximum atomic E-state index is 9.12. The minimum atomic E-state index is 0.482. The predicted octanol–water partition coefficient (Wildman–Crippen LogP) is 1.56. The fourth-order valence-electron chi connectivity index (χ4n) is 3.12. The molecule has 3 rings (SSSR count). The number of rotatable bonds is 1. The lowest BCUT2D eigenvalue weighted by Crippen LogP contribution is -2.59. The zero-order valence-electron chi connectivity index (χ0n) is 11.6. The number of anilines is 2. The van der Waals surface area contributed by atoms with Crippen molar-refractivity contribution in [3.8, 4) is 6.07 Å². The smallest absolute Gasteiger partial charge is 0.0992 e. The van der Waals surface area contributed by atoms with Crippen molar-refractivity contribution in [3.63, 3.8) is 0 Å². The molecule has 0 aliphatic carbocycles. The van der Waals surface area contributed by atoms with Gasteiger partial charge in [-0.05, 0) is 32.0 Å². The van der Waals surface area contributed by atoms with Crippen molar-refractivity contribution in [2.45, 2.75) is 25.9 Å². The third-order valence-electron chi connectivity index (χ3n) is 4.10. The van der Waals surface area contributed by atoms with Gasteiger partial charge < -0.3 is 15.1 Å². The summed E-state index contributed by atoms with van der Waals surface area (Å²) in [5.74, 6) is 0. The van der Waals surface area contributed by atoms with Gasteiger partial charge in [-0.15, -0.1) is 0 Å². The fraction of sp³-hybridized carbons (Fsp3) is 0.533.